The summed E-state index contributed by atoms with van der Waals surface area (Å²) in [6.07, 6.45) is 4.34. The Hall–Kier alpha value is -1.58. The maximum atomic E-state index is 12.6. The van der Waals surface area contributed by atoms with Gasteiger partial charge in [-0.3, -0.25) is 9.69 Å². The Morgan fingerprint density at radius 3 is 2.35 bits per heavy atom. The van der Waals surface area contributed by atoms with Crippen LogP contribution in [0.1, 0.15) is 33.6 Å². The van der Waals surface area contributed by atoms with Crippen LogP contribution in [0.4, 0.5) is 5.69 Å². The van der Waals surface area contributed by atoms with E-state index < -0.39 is 0 Å². The summed E-state index contributed by atoms with van der Waals surface area (Å²) in [5.74, 6) is 0.198. The standard InChI is InChI=1S/C19H25ClN2O/c1-14(2)18(19(23)13-22-10-4-5-11-22)12-15(3)21-17-8-6-16(20)7-9-17/h6-9,12,21H,4-5,10-11,13H2,1-3H3/b15-12-. The first-order valence-electron chi connectivity index (χ1n) is 8.09. The normalized spacial score (nSPS) is 15.6. The van der Waals surface area contributed by atoms with Crippen molar-refractivity contribution in [2.24, 2.45) is 0 Å². The molecule has 0 radical (unpaired) electrons. The average molecular weight is 333 g/mol. The van der Waals surface area contributed by atoms with Crippen molar-refractivity contribution in [1.82, 2.24) is 4.90 Å². The lowest BCUT2D eigenvalue weighted by molar-refractivity contribution is -0.116. The zero-order chi connectivity index (χ0) is 16.8. The minimum Gasteiger partial charge on any atom is -0.359 e. The fraction of sp³-hybridized carbons (Fsp3) is 0.421. The molecular formula is C19H25ClN2O. The molecule has 0 bridgehead atoms. The van der Waals surface area contributed by atoms with Crippen LogP contribution in [0.5, 0.6) is 0 Å². The van der Waals surface area contributed by atoms with Gasteiger partial charge in [-0.25, -0.2) is 0 Å². The quantitative estimate of drug-likeness (QED) is 0.607. The number of halogens is 1. The Morgan fingerprint density at radius 1 is 1.17 bits per heavy atom. The van der Waals surface area contributed by atoms with Gasteiger partial charge in [0.05, 0.1) is 6.54 Å². The Bertz CT molecular complexity index is 607. The molecule has 3 nitrogen and oxygen atoms in total. The first-order chi connectivity index (χ1) is 11.0. The number of carbonyl (C=O) groups excluding carboxylic acids is 1. The molecule has 1 aliphatic rings. The lowest BCUT2D eigenvalue weighted by Crippen LogP contribution is -2.27. The zero-order valence-electron chi connectivity index (χ0n) is 14.2. The van der Waals surface area contributed by atoms with Crippen molar-refractivity contribution in [2.75, 3.05) is 25.0 Å². The molecule has 1 heterocycles. The van der Waals surface area contributed by atoms with Crippen molar-refractivity contribution in [3.05, 3.63) is 52.2 Å². The lowest BCUT2D eigenvalue weighted by atomic mass is 10.0. The first-order valence-corrected chi connectivity index (χ1v) is 8.47. The number of nitrogens with zero attached hydrogens (tertiary/aromatic N) is 1. The predicted octanol–water partition coefficient (Wildman–Crippen LogP) is 4.66. The zero-order valence-corrected chi connectivity index (χ0v) is 14.9. The summed E-state index contributed by atoms with van der Waals surface area (Å²) >= 11 is 5.90. The van der Waals surface area contributed by atoms with Gasteiger partial charge in [0.1, 0.15) is 0 Å². The molecule has 1 aromatic rings. The molecule has 0 unspecified atom stereocenters. The maximum Gasteiger partial charge on any atom is 0.176 e. The Labute approximate surface area is 144 Å². The highest BCUT2D eigenvalue weighted by molar-refractivity contribution is 6.30. The maximum absolute atomic E-state index is 12.6. The Balaban J connectivity index is 2.06. The number of hydrogen-bond donors (Lipinski definition) is 1. The number of benzene rings is 1. The lowest BCUT2D eigenvalue weighted by Gasteiger charge is -2.15. The second kappa shape index (κ2) is 8.32. The van der Waals surface area contributed by atoms with Gasteiger partial charge >= 0.3 is 0 Å². The number of nitrogens with one attached hydrogen (secondary N) is 1. The number of rotatable bonds is 6. The van der Waals surface area contributed by atoms with Crippen molar-refractivity contribution < 1.29 is 4.79 Å². The second-order valence-electron chi connectivity index (χ2n) is 6.28. The van der Waals surface area contributed by atoms with E-state index in [1.165, 1.54) is 12.8 Å². The molecule has 1 aromatic carbocycles. The number of carbonyl (C=O) groups is 1. The molecule has 124 valence electrons. The van der Waals surface area contributed by atoms with E-state index >= 15 is 0 Å². The van der Waals surface area contributed by atoms with Gasteiger partial charge in [-0.2, -0.15) is 0 Å². The van der Waals surface area contributed by atoms with Crippen LogP contribution in [0.2, 0.25) is 5.02 Å². The van der Waals surface area contributed by atoms with Crippen LogP contribution in [0.15, 0.2) is 47.2 Å². The van der Waals surface area contributed by atoms with Crippen molar-refractivity contribution in [1.29, 1.82) is 0 Å². The molecule has 0 aromatic heterocycles. The summed E-state index contributed by atoms with van der Waals surface area (Å²) < 4.78 is 0. The van der Waals surface area contributed by atoms with Crippen molar-refractivity contribution in [2.45, 2.75) is 33.6 Å². The largest absolute Gasteiger partial charge is 0.359 e. The third-order valence-corrected chi connectivity index (χ3v) is 4.20. The topological polar surface area (TPSA) is 32.3 Å². The van der Waals surface area contributed by atoms with Crippen LogP contribution in [0.3, 0.4) is 0 Å². The molecule has 1 aliphatic heterocycles. The minimum absolute atomic E-state index is 0.198. The summed E-state index contributed by atoms with van der Waals surface area (Å²) in [5.41, 5.74) is 3.75. The average Bonchev–Trinajstić information content (AvgIpc) is 2.99. The summed E-state index contributed by atoms with van der Waals surface area (Å²) in [6.45, 7) is 8.54. The molecule has 0 atom stereocenters. The van der Waals surface area contributed by atoms with Gasteiger partial charge < -0.3 is 5.32 Å². The third-order valence-electron chi connectivity index (χ3n) is 3.95. The highest BCUT2D eigenvalue weighted by atomic mass is 35.5. The molecule has 0 spiro atoms. The van der Waals surface area contributed by atoms with E-state index in [1.54, 1.807) is 0 Å². The fourth-order valence-electron chi connectivity index (χ4n) is 2.75. The first kappa shape index (κ1) is 17.8. The summed E-state index contributed by atoms with van der Waals surface area (Å²) in [7, 11) is 0. The Morgan fingerprint density at radius 2 is 1.78 bits per heavy atom. The fourth-order valence-corrected chi connectivity index (χ4v) is 2.87. The molecule has 0 aliphatic carbocycles. The predicted molar refractivity (Wildman–Crippen MR) is 97.9 cm³/mol. The van der Waals surface area contributed by atoms with Crippen LogP contribution in [-0.2, 0) is 4.79 Å². The van der Waals surface area contributed by atoms with Crippen LogP contribution >= 0.6 is 11.6 Å². The molecule has 0 saturated carbocycles. The van der Waals surface area contributed by atoms with Gasteiger partial charge in [0.25, 0.3) is 0 Å². The Kier molecular flexibility index (Phi) is 6.43. The molecular weight excluding hydrogens is 308 g/mol. The second-order valence-corrected chi connectivity index (χ2v) is 6.72. The van der Waals surface area contributed by atoms with Crippen LogP contribution < -0.4 is 5.32 Å². The van der Waals surface area contributed by atoms with Crippen LogP contribution in [0, 0.1) is 0 Å². The van der Waals surface area contributed by atoms with Gasteiger partial charge in [0.2, 0.25) is 0 Å². The molecule has 1 N–H and O–H groups in total. The van der Waals surface area contributed by atoms with E-state index in [-0.39, 0.29) is 5.78 Å². The van der Waals surface area contributed by atoms with Crippen molar-refractivity contribution in [3.8, 4) is 0 Å². The summed E-state index contributed by atoms with van der Waals surface area (Å²) in [4.78, 5) is 14.8. The SMILES string of the molecule is CC(C)=C(/C=C(/C)Nc1ccc(Cl)cc1)C(=O)CN1CCCC1. The van der Waals surface area contributed by atoms with E-state index in [4.69, 9.17) is 11.6 Å². The number of anilines is 1. The number of Topliss-reactive ketones (excluding diaryl/α,β-unsaturated/α-hetero) is 1. The molecule has 23 heavy (non-hydrogen) atoms. The third kappa shape index (κ3) is 5.52. The van der Waals surface area contributed by atoms with E-state index in [2.05, 4.69) is 10.2 Å². The molecule has 0 amide bonds. The van der Waals surface area contributed by atoms with Crippen LogP contribution in [0.25, 0.3) is 0 Å². The van der Waals surface area contributed by atoms with Gasteiger partial charge in [0.15, 0.2) is 5.78 Å². The number of allylic oxidation sites excluding steroid dienone is 3. The van der Waals surface area contributed by atoms with Gasteiger partial charge in [0, 0.05) is 22.0 Å². The van der Waals surface area contributed by atoms with Gasteiger partial charge in [-0.15, -0.1) is 0 Å². The van der Waals surface area contributed by atoms with Crippen LogP contribution in [-0.4, -0.2) is 30.3 Å². The highest BCUT2D eigenvalue weighted by Crippen LogP contribution is 2.17. The number of ketones is 1. The summed E-state index contributed by atoms with van der Waals surface area (Å²) in [6, 6.07) is 7.54. The van der Waals surface area contributed by atoms with Gasteiger partial charge in [-0.1, -0.05) is 17.2 Å². The van der Waals surface area contributed by atoms with E-state index in [9.17, 15) is 4.79 Å². The molecule has 1 saturated heterocycles. The van der Waals surface area contributed by atoms with Crippen molar-refractivity contribution in [3.63, 3.8) is 0 Å². The van der Waals surface area contributed by atoms with Crippen molar-refractivity contribution >= 4 is 23.1 Å². The highest BCUT2D eigenvalue weighted by Gasteiger charge is 2.17. The number of likely N-dealkylation sites (tertiary alicyclic amines) is 1. The van der Waals surface area contributed by atoms with E-state index in [0.717, 1.165) is 35.6 Å². The molecule has 4 heteroatoms. The van der Waals surface area contributed by atoms with Gasteiger partial charge in [-0.05, 0) is 77.0 Å². The smallest absolute Gasteiger partial charge is 0.176 e. The van der Waals surface area contributed by atoms with E-state index in [1.807, 2.05) is 51.1 Å². The van der Waals surface area contributed by atoms with E-state index in [0.29, 0.717) is 11.6 Å². The minimum atomic E-state index is 0.198. The monoisotopic (exact) mass is 332 g/mol. The molecule has 1 fully saturated rings. The summed E-state index contributed by atoms with van der Waals surface area (Å²) in [5, 5.41) is 4.02. The molecule has 2 rings (SSSR count). The number of hydrogen-bond acceptors (Lipinski definition) is 3.